The molecule has 0 atom stereocenters. The van der Waals surface area contributed by atoms with Crippen molar-refractivity contribution in [2.75, 3.05) is 0 Å². The van der Waals surface area contributed by atoms with Gasteiger partial charge in [0, 0.05) is 11.1 Å². The first kappa shape index (κ1) is 31.1. The number of rotatable bonds is 2. The fourth-order valence-corrected chi connectivity index (χ4v) is 11.4. The molecule has 4 aliphatic carbocycles. The zero-order chi connectivity index (χ0) is 37.5. The minimum absolute atomic E-state index is 0.394. The number of benzene rings is 8. The van der Waals surface area contributed by atoms with Crippen LogP contribution in [-0.4, -0.2) is 9.97 Å². The molecule has 0 bridgehead atoms. The van der Waals surface area contributed by atoms with Crippen molar-refractivity contribution in [1.29, 1.82) is 0 Å². The largest absolute Gasteiger partial charge is 0.252 e. The number of nitrogens with zero attached hydrogens (tertiary/aromatic N) is 2. The Balaban J connectivity index is 0.964. The summed E-state index contributed by atoms with van der Waals surface area (Å²) in [5.41, 5.74) is 25.4. The highest BCUT2D eigenvalue weighted by Crippen LogP contribution is 2.64. The molecule has 1 aromatic heterocycles. The van der Waals surface area contributed by atoms with Crippen molar-refractivity contribution in [3.8, 4) is 67.0 Å². The van der Waals surface area contributed by atoms with E-state index in [9.17, 15) is 0 Å². The third-order valence-corrected chi connectivity index (χ3v) is 13.6. The van der Waals surface area contributed by atoms with Crippen LogP contribution in [0.5, 0.6) is 0 Å². The van der Waals surface area contributed by atoms with Crippen LogP contribution < -0.4 is 0 Å². The van der Waals surface area contributed by atoms with E-state index in [0.29, 0.717) is 0 Å². The molecule has 264 valence electrons. The molecule has 0 radical (unpaired) electrons. The lowest BCUT2D eigenvalue weighted by atomic mass is 9.70. The van der Waals surface area contributed by atoms with E-state index in [2.05, 4.69) is 183 Å². The van der Waals surface area contributed by atoms with Gasteiger partial charge in [0.15, 0.2) is 0 Å². The SMILES string of the molecule is Cc1cc2c(cc1-c1cnc(-c3ccc4c(c3)C3(c5ccccc5-c5ccccc53)c3ccccc3-4)cn1)C1(c3ccccc3-c3ccccc31)c1ccccc1-2. The Morgan fingerprint density at radius 3 is 1.07 bits per heavy atom. The van der Waals surface area contributed by atoms with E-state index in [-0.39, 0.29) is 0 Å². The van der Waals surface area contributed by atoms with E-state index in [1.807, 2.05) is 12.4 Å². The molecule has 2 heteroatoms. The fourth-order valence-electron chi connectivity index (χ4n) is 11.4. The second-order valence-electron chi connectivity index (χ2n) is 16.0. The predicted octanol–water partition coefficient (Wildman–Crippen LogP) is 12.8. The third kappa shape index (κ3) is 3.71. The summed E-state index contributed by atoms with van der Waals surface area (Å²) in [6.07, 6.45) is 3.95. The minimum atomic E-state index is -0.398. The number of hydrogen-bond donors (Lipinski definition) is 0. The summed E-state index contributed by atoms with van der Waals surface area (Å²) in [6.45, 7) is 2.21. The van der Waals surface area contributed by atoms with Crippen LogP contribution in [0, 0.1) is 6.92 Å². The van der Waals surface area contributed by atoms with Crippen molar-refractivity contribution in [2.24, 2.45) is 0 Å². The summed E-state index contributed by atoms with van der Waals surface area (Å²) in [4.78, 5) is 10.4. The summed E-state index contributed by atoms with van der Waals surface area (Å²) in [6, 6.07) is 65.5. The van der Waals surface area contributed by atoms with Crippen LogP contribution in [0.4, 0.5) is 0 Å². The standard InChI is InChI=1S/C55H34N2/c1-33-28-43-40-19-7-13-25-49(40)55(46-22-10-4-16-37(46)38-17-5-11-23-47(38)55)51(43)30-42(33)53-32-56-52(31-57-53)34-26-27-41-39-18-6-12-24-48(39)54(50(41)29-34)44-20-8-2-14-35(44)36-15-3-9-21-45(36)54/h2-32H,1H3. The van der Waals surface area contributed by atoms with Crippen molar-refractivity contribution < 1.29 is 0 Å². The lowest BCUT2D eigenvalue weighted by molar-refractivity contribution is 0.793. The van der Waals surface area contributed by atoms with E-state index in [1.54, 1.807) is 0 Å². The van der Waals surface area contributed by atoms with Gasteiger partial charge in [-0.1, -0.05) is 164 Å². The Bertz CT molecular complexity index is 3100. The molecular formula is C55H34N2. The summed E-state index contributed by atoms with van der Waals surface area (Å²) in [5.74, 6) is 0. The summed E-state index contributed by atoms with van der Waals surface area (Å²) < 4.78 is 0. The van der Waals surface area contributed by atoms with Gasteiger partial charge >= 0.3 is 0 Å². The summed E-state index contributed by atoms with van der Waals surface area (Å²) in [7, 11) is 0. The maximum Gasteiger partial charge on any atom is 0.0888 e. The van der Waals surface area contributed by atoms with Crippen LogP contribution in [0.25, 0.3) is 67.0 Å². The maximum atomic E-state index is 5.20. The van der Waals surface area contributed by atoms with E-state index in [0.717, 1.165) is 22.5 Å². The molecule has 0 unspecified atom stereocenters. The van der Waals surface area contributed by atoms with E-state index in [1.165, 1.54) is 94.6 Å². The van der Waals surface area contributed by atoms with E-state index < -0.39 is 10.8 Å². The molecule has 0 N–H and O–H groups in total. The second-order valence-corrected chi connectivity index (χ2v) is 16.0. The topological polar surface area (TPSA) is 25.8 Å². The average molecular weight is 723 g/mol. The van der Waals surface area contributed by atoms with Gasteiger partial charge in [0.05, 0.1) is 34.6 Å². The van der Waals surface area contributed by atoms with Crippen molar-refractivity contribution in [3.63, 3.8) is 0 Å². The first-order valence-corrected chi connectivity index (χ1v) is 19.9. The minimum Gasteiger partial charge on any atom is -0.252 e. The molecule has 0 amide bonds. The smallest absolute Gasteiger partial charge is 0.0888 e. The van der Waals surface area contributed by atoms with Gasteiger partial charge < -0.3 is 0 Å². The highest BCUT2D eigenvalue weighted by Gasteiger charge is 2.53. The fraction of sp³-hybridized carbons (Fsp3) is 0.0545. The van der Waals surface area contributed by atoms with Crippen LogP contribution in [-0.2, 0) is 10.8 Å². The third-order valence-electron chi connectivity index (χ3n) is 13.6. The average Bonchev–Trinajstić information content (AvgIpc) is 3.95. The molecule has 4 aliphatic rings. The molecule has 0 saturated carbocycles. The monoisotopic (exact) mass is 722 g/mol. The molecular weight excluding hydrogens is 689 g/mol. The molecule has 0 saturated heterocycles. The number of fused-ring (bicyclic) bond motifs is 20. The molecule has 9 aromatic rings. The van der Waals surface area contributed by atoms with Gasteiger partial charge in [-0.2, -0.15) is 0 Å². The van der Waals surface area contributed by atoms with Crippen LogP contribution in [0.1, 0.15) is 50.1 Å². The molecule has 57 heavy (non-hydrogen) atoms. The van der Waals surface area contributed by atoms with E-state index in [4.69, 9.17) is 9.97 Å². The Kier molecular flexibility index (Phi) is 6.00. The number of hydrogen-bond acceptors (Lipinski definition) is 2. The van der Waals surface area contributed by atoms with Crippen molar-refractivity contribution in [1.82, 2.24) is 9.97 Å². The quantitative estimate of drug-likeness (QED) is 0.178. The van der Waals surface area contributed by atoms with Crippen LogP contribution in [0.2, 0.25) is 0 Å². The lowest BCUT2D eigenvalue weighted by Gasteiger charge is -2.31. The lowest BCUT2D eigenvalue weighted by Crippen LogP contribution is -2.26. The first-order chi connectivity index (χ1) is 28.2. The van der Waals surface area contributed by atoms with Gasteiger partial charge in [0.2, 0.25) is 0 Å². The molecule has 2 nitrogen and oxygen atoms in total. The van der Waals surface area contributed by atoms with Gasteiger partial charge in [-0.3, -0.25) is 9.97 Å². The molecule has 13 rings (SSSR count). The Morgan fingerprint density at radius 2 is 0.649 bits per heavy atom. The normalized spacial score (nSPS) is 14.7. The molecule has 2 spiro atoms. The van der Waals surface area contributed by atoms with E-state index >= 15 is 0 Å². The van der Waals surface area contributed by atoms with Crippen molar-refractivity contribution >= 4 is 0 Å². The van der Waals surface area contributed by atoms with Crippen LogP contribution in [0.15, 0.2) is 188 Å². The second kappa shape index (κ2) is 11.0. The Labute approximate surface area is 331 Å². The number of aromatic nitrogens is 2. The first-order valence-electron chi connectivity index (χ1n) is 19.9. The van der Waals surface area contributed by atoms with Crippen LogP contribution >= 0.6 is 0 Å². The highest BCUT2D eigenvalue weighted by atomic mass is 14.8. The van der Waals surface area contributed by atoms with Gasteiger partial charge in [-0.25, -0.2) is 0 Å². The maximum absolute atomic E-state index is 5.20. The summed E-state index contributed by atoms with van der Waals surface area (Å²) in [5, 5.41) is 0. The van der Waals surface area contributed by atoms with Gasteiger partial charge in [0.25, 0.3) is 0 Å². The van der Waals surface area contributed by atoms with Crippen molar-refractivity contribution in [3.05, 3.63) is 238 Å². The van der Waals surface area contributed by atoms with Crippen molar-refractivity contribution in [2.45, 2.75) is 17.8 Å². The summed E-state index contributed by atoms with van der Waals surface area (Å²) >= 11 is 0. The van der Waals surface area contributed by atoms with Gasteiger partial charge in [-0.05, 0) is 114 Å². The predicted molar refractivity (Wildman–Crippen MR) is 230 cm³/mol. The van der Waals surface area contributed by atoms with Gasteiger partial charge in [0.1, 0.15) is 0 Å². The zero-order valence-electron chi connectivity index (χ0n) is 31.3. The molecule has 0 fully saturated rings. The highest BCUT2D eigenvalue weighted by molar-refractivity contribution is 5.97. The molecule has 1 heterocycles. The zero-order valence-corrected chi connectivity index (χ0v) is 31.3. The van der Waals surface area contributed by atoms with Gasteiger partial charge in [-0.15, -0.1) is 0 Å². The number of aryl methyl sites for hydroxylation is 1. The van der Waals surface area contributed by atoms with Crippen LogP contribution in [0.3, 0.4) is 0 Å². The molecule has 0 aliphatic heterocycles. The Hall–Kier alpha value is -7.16. The molecule has 8 aromatic carbocycles. The Morgan fingerprint density at radius 1 is 0.298 bits per heavy atom.